The van der Waals surface area contributed by atoms with E-state index in [1.54, 1.807) is 54.3 Å². The van der Waals surface area contributed by atoms with Gasteiger partial charge in [0.05, 0.1) is 18.4 Å². The Bertz CT molecular complexity index is 768. The van der Waals surface area contributed by atoms with Crippen LogP contribution in [0.1, 0.15) is 26.4 Å². The number of hydrogen-bond acceptors (Lipinski definition) is 5. The Hall–Kier alpha value is -2.96. The van der Waals surface area contributed by atoms with Gasteiger partial charge in [-0.1, -0.05) is 0 Å². The van der Waals surface area contributed by atoms with E-state index in [1.807, 2.05) is 0 Å². The van der Waals surface area contributed by atoms with E-state index in [1.165, 1.54) is 6.33 Å². The summed E-state index contributed by atoms with van der Waals surface area (Å²) in [5.41, 5.74) is 1.79. The van der Waals surface area contributed by atoms with Crippen LogP contribution in [0.15, 0.2) is 36.8 Å². The van der Waals surface area contributed by atoms with Crippen molar-refractivity contribution in [2.45, 2.75) is 6.92 Å². The molecule has 0 atom stereocenters. The number of carbonyl (C=O) groups excluding carboxylic acids is 2. The van der Waals surface area contributed by atoms with Gasteiger partial charge in [0.15, 0.2) is 0 Å². The lowest BCUT2D eigenvalue weighted by Crippen LogP contribution is -2.50. The fourth-order valence-corrected chi connectivity index (χ4v) is 2.80. The Balaban J connectivity index is 1.62. The highest BCUT2D eigenvalue weighted by Crippen LogP contribution is 2.15. The summed E-state index contributed by atoms with van der Waals surface area (Å²) in [5, 5.41) is 0. The van der Waals surface area contributed by atoms with Gasteiger partial charge in [0.25, 0.3) is 11.8 Å². The second kappa shape index (κ2) is 7.29. The van der Waals surface area contributed by atoms with Crippen LogP contribution in [-0.2, 0) is 0 Å². The lowest BCUT2D eigenvalue weighted by molar-refractivity contribution is 0.0534. The van der Waals surface area contributed by atoms with Crippen LogP contribution < -0.4 is 4.74 Å². The molecule has 0 spiro atoms. The van der Waals surface area contributed by atoms with Crippen molar-refractivity contribution in [1.82, 2.24) is 19.8 Å². The molecule has 3 rings (SSSR count). The van der Waals surface area contributed by atoms with Crippen molar-refractivity contribution in [3.63, 3.8) is 0 Å². The third-order valence-electron chi connectivity index (χ3n) is 4.33. The van der Waals surface area contributed by atoms with Crippen LogP contribution in [0.4, 0.5) is 0 Å². The Labute approximate surface area is 146 Å². The van der Waals surface area contributed by atoms with Crippen LogP contribution in [0.3, 0.4) is 0 Å². The molecule has 0 unspecified atom stereocenters. The first-order valence-corrected chi connectivity index (χ1v) is 8.09. The minimum atomic E-state index is -0.0883. The van der Waals surface area contributed by atoms with E-state index < -0.39 is 0 Å². The summed E-state index contributed by atoms with van der Waals surface area (Å²) < 4.78 is 5.11. The summed E-state index contributed by atoms with van der Waals surface area (Å²) in [6, 6.07) is 7.04. The fraction of sp³-hybridized carbons (Fsp3) is 0.333. The zero-order valence-corrected chi connectivity index (χ0v) is 14.3. The number of aromatic nitrogens is 2. The van der Waals surface area contributed by atoms with Gasteiger partial charge in [-0.25, -0.2) is 9.97 Å². The number of ether oxygens (including phenoxy) is 1. The molecule has 1 saturated heterocycles. The molecule has 7 nitrogen and oxygen atoms in total. The molecule has 2 amide bonds. The van der Waals surface area contributed by atoms with Gasteiger partial charge in [-0.2, -0.15) is 0 Å². The maximum absolute atomic E-state index is 12.6. The number of benzene rings is 1. The summed E-state index contributed by atoms with van der Waals surface area (Å²) in [4.78, 5) is 36.6. The Morgan fingerprint density at radius 3 is 2.16 bits per heavy atom. The molecule has 1 aliphatic rings. The van der Waals surface area contributed by atoms with Crippen molar-refractivity contribution in [2.24, 2.45) is 0 Å². The fourth-order valence-electron chi connectivity index (χ4n) is 2.80. The minimum Gasteiger partial charge on any atom is -0.497 e. The molecule has 1 aliphatic heterocycles. The molecule has 0 radical (unpaired) electrons. The van der Waals surface area contributed by atoms with Gasteiger partial charge in [0, 0.05) is 37.9 Å². The number of carbonyl (C=O) groups is 2. The molecule has 1 fully saturated rings. The highest BCUT2D eigenvalue weighted by molar-refractivity contribution is 5.96. The molecule has 7 heteroatoms. The van der Waals surface area contributed by atoms with Crippen LogP contribution in [0.5, 0.6) is 5.75 Å². The van der Waals surface area contributed by atoms with Crippen LogP contribution in [0, 0.1) is 6.92 Å². The standard InChI is InChI=1S/C18H20N4O3/c1-13-16(11-19-12-20-13)18(24)22-9-7-21(8-10-22)17(23)14-3-5-15(25-2)6-4-14/h3-6,11-12H,7-10H2,1-2H3. The van der Waals surface area contributed by atoms with Crippen molar-refractivity contribution in [3.05, 3.63) is 53.6 Å². The van der Waals surface area contributed by atoms with E-state index in [0.29, 0.717) is 48.7 Å². The highest BCUT2D eigenvalue weighted by atomic mass is 16.5. The van der Waals surface area contributed by atoms with Crippen molar-refractivity contribution in [3.8, 4) is 5.75 Å². The number of hydrogen-bond donors (Lipinski definition) is 0. The molecule has 25 heavy (non-hydrogen) atoms. The predicted octanol–water partition coefficient (Wildman–Crippen LogP) is 1.39. The number of piperazine rings is 1. The van der Waals surface area contributed by atoms with Crippen LogP contribution in [-0.4, -0.2) is 64.9 Å². The molecule has 130 valence electrons. The van der Waals surface area contributed by atoms with E-state index in [9.17, 15) is 9.59 Å². The molecule has 1 aromatic heterocycles. The molecule has 2 heterocycles. The Morgan fingerprint density at radius 1 is 1.00 bits per heavy atom. The van der Waals surface area contributed by atoms with Gasteiger partial charge in [0.2, 0.25) is 0 Å². The summed E-state index contributed by atoms with van der Waals surface area (Å²) in [5.74, 6) is 0.594. The van der Waals surface area contributed by atoms with E-state index >= 15 is 0 Å². The van der Waals surface area contributed by atoms with E-state index in [2.05, 4.69) is 9.97 Å². The summed E-state index contributed by atoms with van der Waals surface area (Å²) in [7, 11) is 1.59. The summed E-state index contributed by atoms with van der Waals surface area (Å²) in [6.07, 6.45) is 2.97. The van der Waals surface area contributed by atoms with Gasteiger partial charge in [-0.05, 0) is 31.2 Å². The molecular weight excluding hydrogens is 320 g/mol. The monoisotopic (exact) mass is 340 g/mol. The average Bonchev–Trinajstić information content (AvgIpc) is 2.67. The van der Waals surface area contributed by atoms with E-state index in [4.69, 9.17) is 4.74 Å². The second-order valence-corrected chi connectivity index (χ2v) is 5.83. The Morgan fingerprint density at radius 2 is 1.60 bits per heavy atom. The average molecular weight is 340 g/mol. The topological polar surface area (TPSA) is 75.6 Å². The first-order chi connectivity index (χ1) is 12.1. The smallest absolute Gasteiger partial charge is 0.257 e. The first kappa shape index (κ1) is 16.9. The van der Waals surface area contributed by atoms with Crippen LogP contribution >= 0.6 is 0 Å². The number of amides is 2. The summed E-state index contributed by atoms with van der Waals surface area (Å²) >= 11 is 0. The predicted molar refractivity (Wildman–Crippen MR) is 91.6 cm³/mol. The molecular formula is C18H20N4O3. The maximum Gasteiger partial charge on any atom is 0.257 e. The van der Waals surface area contributed by atoms with Gasteiger partial charge in [-0.3, -0.25) is 9.59 Å². The van der Waals surface area contributed by atoms with E-state index in [0.717, 1.165) is 0 Å². The zero-order chi connectivity index (χ0) is 17.8. The zero-order valence-electron chi connectivity index (χ0n) is 14.3. The second-order valence-electron chi connectivity index (χ2n) is 5.83. The number of nitrogens with zero attached hydrogens (tertiary/aromatic N) is 4. The molecule has 2 aromatic rings. The lowest BCUT2D eigenvalue weighted by atomic mass is 10.1. The van der Waals surface area contributed by atoms with E-state index in [-0.39, 0.29) is 11.8 Å². The molecule has 0 bridgehead atoms. The molecule has 0 aliphatic carbocycles. The number of aryl methyl sites for hydroxylation is 1. The van der Waals surface area contributed by atoms with Crippen molar-refractivity contribution < 1.29 is 14.3 Å². The largest absolute Gasteiger partial charge is 0.497 e. The van der Waals surface area contributed by atoms with Crippen molar-refractivity contribution >= 4 is 11.8 Å². The highest BCUT2D eigenvalue weighted by Gasteiger charge is 2.26. The van der Waals surface area contributed by atoms with Gasteiger partial charge < -0.3 is 14.5 Å². The third kappa shape index (κ3) is 3.60. The normalized spacial score (nSPS) is 14.3. The summed E-state index contributed by atoms with van der Waals surface area (Å²) in [6.45, 7) is 3.79. The molecule has 0 N–H and O–H groups in total. The van der Waals surface area contributed by atoms with Crippen molar-refractivity contribution in [1.29, 1.82) is 0 Å². The first-order valence-electron chi connectivity index (χ1n) is 8.09. The van der Waals surface area contributed by atoms with Crippen LogP contribution in [0.2, 0.25) is 0 Å². The quantitative estimate of drug-likeness (QED) is 0.844. The molecule has 0 saturated carbocycles. The van der Waals surface area contributed by atoms with Gasteiger partial charge in [0.1, 0.15) is 12.1 Å². The maximum atomic E-state index is 12.6. The van der Waals surface area contributed by atoms with Gasteiger partial charge in [-0.15, -0.1) is 0 Å². The number of rotatable bonds is 3. The van der Waals surface area contributed by atoms with Crippen LogP contribution in [0.25, 0.3) is 0 Å². The third-order valence-corrected chi connectivity index (χ3v) is 4.33. The SMILES string of the molecule is COc1ccc(C(=O)N2CCN(C(=O)c3cncnc3C)CC2)cc1. The lowest BCUT2D eigenvalue weighted by Gasteiger charge is -2.35. The number of methoxy groups -OCH3 is 1. The van der Waals surface area contributed by atoms with Gasteiger partial charge >= 0.3 is 0 Å². The van der Waals surface area contributed by atoms with Crippen molar-refractivity contribution in [2.75, 3.05) is 33.3 Å². The molecule has 1 aromatic carbocycles. The minimum absolute atomic E-state index is 0.0334. The Kier molecular flexibility index (Phi) is 4.92.